The molecule has 0 spiro atoms. The summed E-state index contributed by atoms with van der Waals surface area (Å²) in [7, 11) is 0. The normalized spacial score (nSPS) is 10.3. The number of aromatic nitrogens is 1. The Morgan fingerprint density at radius 2 is 1.82 bits per heavy atom. The van der Waals surface area contributed by atoms with E-state index in [0.29, 0.717) is 11.8 Å². The van der Waals surface area contributed by atoms with E-state index in [1.807, 2.05) is 30.3 Å². The summed E-state index contributed by atoms with van der Waals surface area (Å²) in [5, 5.41) is 0. The predicted molar refractivity (Wildman–Crippen MR) is 75.7 cm³/mol. The van der Waals surface area contributed by atoms with Gasteiger partial charge in [-0.3, -0.25) is 0 Å². The fourth-order valence-electron chi connectivity index (χ4n) is 1.27. The van der Waals surface area contributed by atoms with E-state index in [1.165, 1.54) is 0 Å². The van der Waals surface area contributed by atoms with Crippen molar-refractivity contribution in [3.05, 3.63) is 51.0 Å². The van der Waals surface area contributed by atoms with Crippen LogP contribution in [0, 0.1) is 0 Å². The average molecular weight is 377 g/mol. The number of hydrogen-bond donors (Lipinski definition) is 0. The molecule has 1 aromatic carbocycles. The van der Waals surface area contributed by atoms with Crippen LogP contribution in [-0.2, 0) is 5.88 Å². The molecule has 0 saturated carbocycles. The molecule has 17 heavy (non-hydrogen) atoms. The Hall–Kier alpha value is -0.580. The van der Waals surface area contributed by atoms with Crippen molar-refractivity contribution in [2.75, 3.05) is 0 Å². The highest BCUT2D eigenvalue weighted by Gasteiger charge is 2.06. The number of ether oxygens (including phenoxy) is 1. The maximum atomic E-state index is 5.85. The van der Waals surface area contributed by atoms with Crippen molar-refractivity contribution in [3.8, 4) is 11.6 Å². The lowest BCUT2D eigenvalue weighted by molar-refractivity contribution is 0.458. The summed E-state index contributed by atoms with van der Waals surface area (Å²) in [5.74, 6) is 1.62. The Balaban J connectivity index is 2.26. The van der Waals surface area contributed by atoms with Gasteiger partial charge in [0.05, 0.1) is 5.88 Å². The van der Waals surface area contributed by atoms with E-state index in [0.717, 1.165) is 20.3 Å². The van der Waals surface area contributed by atoms with Gasteiger partial charge >= 0.3 is 0 Å². The van der Waals surface area contributed by atoms with Crippen LogP contribution >= 0.6 is 43.5 Å². The maximum Gasteiger partial charge on any atom is 0.223 e. The monoisotopic (exact) mass is 375 g/mol. The summed E-state index contributed by atoms with van der Waals surface area (Å²) in [6.45, 7) is 0. The van der Waals surface area contributed by atoms with E-state index in [1.54, 1.807) is 6.20 Å². The number of alkyl halides is 1. The van der Waals surface area contributed by atoms with Gasteiger partial charge in [0.1, 0.15) is 5.75 Å². The molecule has 0 aliphatic heterocycles. The predicted octanol–water partition coefficient (Wildman–Crippen LogP) is 5.14. The topological polar surface area (TPSA) is 22.1 Å². The van der Waals surface area contributed by atoms with Gasteiger partial charge in [0.2, 0.25) is 5.88 Å². The smallest absolute Gasteiger partial charge is 0.223 e. The van der Waals surface area contributed by atoms with Crippen molar-refractivity contribution < 1.29 is 4.74 Å². The first-order valence-electron chi connectivity index (χ1n) is 4.83. The molecule has 2 nitrogen and oxygen atoms in total. The van der Waals surface area contributed by atoms with Gasteiger partial charge < -0.3 is 4.74 Å². The van der Waals surface area contributed by atoms with Crippen molar-refractivity contribution in [1.29, 1.82) is 0 Å². The van der Waals surface area contributed by atoms with Crippen LogP contribution in [0.5, 0.6) is 11.6 Å². The number of benzene rings is 1. The van der Waals surface area contributed by atoms with Crippen LogP contribution in [0.15, 0.2) is 45.5 Å². The zero-order valence-electron chi connectivity index (χ0n) is 8.66. The first-order valence-corrected chi connectivity index (χ1v) is 6.95. The molecule has 0 aliphatic rings. The fraction of sp³-hybridized carbons (Fsp3) is 0.0833. The SMILES string of the molecule is ClCc1cc(Br)cnc1Oc1ccc(Br)cc1. The van der Waals surface area contributed by atoms with E-state index >= 15 is 0 Å². The third kappa shape index (κ3) is 3.44. The van der Waals surface area contributed by atoms with Crippen molar-refractivity contribution in [2.24, 2.45) is 0 Å². The van der Waals surface area contributed by atoms with Gasteiger partial charge in [-0.1, -0.05) is 15.9 Å². The van der Waals surface area contributed by atoms with Crippen LogP contribution in [0.1, 0.15) is 5.56 Å². The first-order chi connectivity index (χ1) is 8.19. The minimum atomic E-state index is 0.359. The highest BCUT2D eigenvalue weighted by atomic mass is 79.9. The standard InChI is InChI=1S/C12H8Br2ClNO/c13-9-1-3-11(4-2-9)17-12-8(6-15)5-10(14)7-16-12/h1-5,7H,6H2. The van der Waals surface area contributed by atoms with Crippen molar-refractivity contribution in [1.82, 2.24) is 4.98 Å². The second-order valence-electron chi connectivity index (χ2n) is 3.31. The summed E-state index contributed by atoms with van der Waals surface area (Å²) in [5.41, 5.74) is 0.851. The molecule has 0 N–H and O–H groups in total. The third-order valence-corrected chi connectivity index (χ3v) is 3.31. The van der Waals surface area contributed by atoms with E-state index in [4.69, 9.17) is 16.3 Å². The Bertz CT molecular complexity index is 516. The summed E-state index contributed by atoms with van der Waals surface area (Å²) >= 11 is 12.6. The van der Waals surface area contributed by atoms with Crippen LogP contribution in [0.2, 0.25) is 0 Å². The molecule has 5 heteroatoms. The van der Waals surface area contributed by atoms with E-state index in [2.05, 4.69) is 36.8 Å². The Morgan fingerprint density at radius 1 is 1.12 bits per heavy atom. The minimum absolute atomic E-state index is 0.359. The zero-order valence-corrected chi connectivity index (χ0v) is 12.6. The van der Waals surface area contributed by atoms with Crippen molar-refractivity contribution in [2.45, 2.75) is 5.88 Å². The van der Waals surface area contributed by atoms with Crippen molar-refractivity contribution in [3.63, 3.8) is 0 Å². The Labute approximate surface area is 121 Å². The molecule has 0 fully saturated rings. The first kappa shape index (κ1) is 12.9. The third-order valence-electron chi connectivity index (χ3n) is 2.06. The van der Waals surface area contributed by atoms with Crippen LogP contribution in [-0.4, -0.2) is 4.98 Å². The number of pyridine rings is 1. The van der Waals surface area contributed by atoms with Gasteiger partial charge in [-0.15, -0.1) is 11.6 Å². The molecule has 0 saturated heterocycles. The van der Waals surface area contributed by atoms with E-state index < -0.39 is 0 Å². The van der Waals surface area contributed by atoms with Gasteiger partial charge in [-0.05, 0) is 46.3 Å². The van der Waals surface area contributed by atoms with Crippen molar-refractivity contribution >= 4 is 43.5 Å². The molecular formula is C12H8Br2ClNO. The highest BCUT2D eigenvalue weighted by Crippen LogP contribution is 2.27. The largest absolute Gasteiger partial charge is 0.439 e. The molecule has 0 radical (unpaired) electrons. The number of nitrogens with zero attached hydrogens (tertiary/aromatic N) is 1. The molecule has 0 aliphatic carbocycles. The summed E-state index contributed by atoms with van der Waals surface area (Å²) in [4.78, 5) is 4.20. The van der Waals surface area contributed by atoms with Crippen LogP contribution in [0.4, 0.5) is 0 Å². The summed E-state index contributed by atoms with van der Waals surface area (Å²) in [6, 6.07) is 9.45. The van der Waals surface area contributed by atoms with E-state index in [-0.39, 0.29) is 0 Å². The second kappa shape index (κ2) is 5.85. The van der Waals surface area contributed by atoms with Gasteiger partial charge in [-0.25, -0.2) is 4.98 Å². The molecule has 2 aromatic rings. The molecule has 0 atom stereocenters. The number of rotatable bonds is 3. The van der Waals surface area contributed by atoms with Crippen LogP contribution in [0.3, 0.4) is 0 Å². The number of hydrogen-bond acceptors (Lipinski definition) is 2. The molecule has 0 unspecified atom stereocenters. The van der Waals surface area contributed by atoms with Gasteiger partial charge in [0.15, 0.2) is 0 Å². The molecular weight excluding hydrogens is 369 g/mol. The van der Waals surface area contributed by atoms with Crippen LogP contribution < -0.4 is 4.74 Å². The lowest BCUT2D eigenvalue weighted by Crippen LogP contribution is -1.93. The van der Waals surface area contributed by atoms with Crippen LogP contribution in [0.25, 0.3) is 0 Å². The van der Waals surface area contributed by atoms with E-state index in [9.17, 15) is 0 Å². The quantitative estimate of drug-likeness (QED) is 0.691. The zero-order chi connectivity index (χ0) is 12.3. The molecule has 88 valence electrons. The molecule has 1 heterocycles. The molecule has 0 amide bonds. The lowest BCUT2D eigenvalue weighted by atomic mass is 10.3. The Morgan fingerprint density at radius 3 is 2.47 bits per heavy atom. The van der Waals surface area contributed by atoms with Gasteiger partial charge in [0, 0.05) is 20.7 Å². The summed E-state index contributed by atoms with van der Waals surface area (Å²) < 4.78 is 7.56. The molecule has 1 aromatic heterocycles. The van der Waals surface area contributed by atoms with Gasteiger partial charge in [-0.2, -0.15) is 0 Å². The molecule has 2 rings (SSSR count). The maximum absolute atomic E-state index is 5.85. The second-order valence-corrected chi connectivity index (χ2v) is 5.41. The number of halogens is 3. The minimum Gasteiger partial charge on any atom is -0.439 e. The lowest BCUT2D eigenvalue weighted by Gasteiger charge is -2.08. The highest BCUT2D eigenvalue weighted by molar-refractivity contribution is 9.10. The summed E-state index contributed by atoms with van der Waals surface area (Å²) in [6.07, 6.45) is 1.68. The van der Waals surface area contributed by atoms with Gasteiger partial charge in [0.25, 0.3) is 0 Å². The fourth-order valence-corrected chi connectivity index (χ4v) is 2.11. The molecule has 0 bridgehead atoms. The Kier molecular flexibility index (Phi) is 4.42. The average Bonchev–Trinajstić information content (AvgIpc) is 2.34.